The Balaban J connectivity index is 1.51. The Hall–Kier alpha value is -2.47. The van der Waals surface area contributed by atoms with Crippen LogP contribution in [-0.2, 0) is 11.2 Å². The minimum Gasteiger partial charge on any atom is -0.375 e. The van der Waals surface area contributed by atoms with Gasteiger partial charge >= 0.3 is 0 Å². The van der Waals surface area contributed by atoms with E-state index in [4.69, 9.17) is 4.74 Å². The molecule has 3 rings (SSSR count). The predicted octanol–water partition coefficient (Wildman–Crippen LogP) is 2.48. The lowest BCUT2D eigenvalue weighted by molar-refractivity contribution is -0.0256. The van der Waals surface area contributed by atoms with Gasteiger partial charge in [0.15, 0.2) is 5.78 Å². The number of nitrogens with one attached hydrogen (secondary N) is 1. The van der Waals surface area contributed by atoms with Crippen molar-refractivity contribution in [2.24, 2.45) is 0 Å². The summed E-state index contributed by atoms with van der Waals surface area (Å²) in [5, 5.41) is 6.54. The van der Waals surface area contributed by atoms with Gasteiger partial charge in [0, 0.05) is 20.0 Å². The molecule has 0 bridgehead atoms. The number of amides is 1. The van der Waals surface area contributed by atoms with Crippen molar-refractivity contribution in [3.8, 4) is 0 Å². The van der Waals surface area contributed by atoms with Gasteiger partial charge in [0.25, 0.3) is 5.91 Å². The number of carbonyl (C=O) groups excluding carboxylic acids is 2. The van der Waals surface area contributed by atoms with E-state index >= 15 is 0 Å². The summed E-state index contributed by atoms with van der Waals surface area (Å²) < 4.78 is 5.80. The standard InChI is InChI=1S/C19H23N3O3/c1-14(23)17-12-18(21-20-17)19(24)22-10-11-25-16(13-22)9-5-8-15-6-3-2-4-7-15/h2-4,6-7,12,16H,5,8-11,13H2,1H3,(H,20,21). The van der Waals surface area contributed by atoms with Gasteiger partial charge in [0.2, 0.25) is 0 Å². The van der Waals surface area contributed by atoms with E-state index in [0.717, 1.165) is 19.3 Å². The molecular weight excluding hydrogens is 318 g/mol. The Kier molecular flexibility index (Phi) is 5.60. The summed E-state index contributed by atoms with van der Waals surface area (Å²) in [6, 6.07) is 11.9. The third-order valence-electron chi connectivity index (χ3n) is 4.43. The molecule has 6 nitrogen and oxygen atoms in total. The van der Waals surface area contributed by atoms with Gasteiger partial charge in [-0.15, -0.1) is 0 Å². The average Bonchev–Trinajstić information content (AvgIpc) is 3.13. The van der Waals surface area contributed by atoms with Gasteiger partial charge in [-0.25, -0.2) is 0 Å². The Morgan fingerprint density at radius 3 is 2.84 bits per heavy atom. The molecule has 0 saturated carbocycles. The first kappa shape index (κ1) is 17.4. The fraction of sp³-hybridized carbons (Fsp3) is 0.421. The van der Waals surface area contributed by atoms with Gasteiger partial charge in [-0.3, -0.25) is 14.7 Å². The van der Waals surface area contributed by atoms with Crippen LogP contribution in [0.2, 0.25) is 0 Å². The van der Waals surface area contributed by atoms with Gasteiger partial charge in [0.1, 0.15) is 11.4 Å². The molecule has 25 heavy (non-hydrogen) atoms. The second-order valence-corrected chi connectivity index (χ2v) is 6.34. The summed E-state index contributed by atoms with van der Waals surface area (Å²) in [6.45, 7) is 3.10. The molecule has 1 aliphatic heterocycles. The molecule has 1 aromatic carbocycles. The molecule has 0 radical (unpaired) electrons. The third kappa shape index (κ3) is 4.54. The largest absolute Gasteiger partial charge is 0.375 e. The number of aryl methyl sites for hydroxylation is 1. The Labute approximate surface area is 147 Å². The number of ketones is 1. The van der Waals surface area contributed by atoms with Gasteiger partial charge in [-0.1, -0.05) is 30.3 Å². The van der Waals surface area contributed by atoms with E-state index in [1.54, 1.807) is 4.90 Å². The number of H-pyrrole nitrogens is 1. The summed E-state index contributed by atoms with van der Waals surface area (Å²) in [7, 11) is 0. The molecule has 6 heteroatoms. The van der Waals surface area contributed by atoms with Gasteiger partial charge in [0.05, 0.1) is 12.7 Å². The van der Waals surface area contributed by atoms with E-state index in [1.807, 2.05) is 18.2 Å². The van der Waals surface area contributed by atoms with Crippen molar-refractivity contribution in [1.82, 2.24) is 15.1 Å². The lowest BCUT2D eigenvalue weighted by Gasteiger charge is -2.32. The highest BCUT2D eigenvalue weighted by Gasteiger charge is 2.26. The molecular formula is C19H23N3O3. The van der Waals surface area contributed by atoms with Crippen LogP contribution in [0.4, 0.5) is 0 Å². The first-order chi connectivity index (χ1) is 12.1. The normalized spacial score (nSPS) is 17.5. The summed E-state index contributed by atoms with van der Waals surface area (Å²) in [6.07, 6.45) is 3.00. The summed E-state index contributed by atoms with van der Waals surface area (Å²) in [5.41, 5.74) is 1.96. The van der Waals surface area contributed by atoms with Crippen molar-refractivity contribution in [1.29, 1.82) is 0 Å². The minimum atomic E-state index is -0.156. The SMILES string of the molecule is CC(=O)c1cc(C(=O)N2CCOC(CCCc3ccccc3)C2)[nH]n1. The number of carbonyl (C=O) groups is 2. The van der Waals surface area contributed by atoms with Crippen molar-refractivity contribution < 1.29 is 14.3 Å². The van der Waals surface area contributed by atoms with E-state index in [1.165, 1.54) is 18.6 Å². The fourth-order valence-electron chi connectivity index (χ4n) is 3.04. The second kappa shape index (κ2) is 8.07. The Morgan fingerprint density at radius 2 is 2.12 bits per heavy atom. The van der Waals surface area contributed by atoms with E-state index < -0.39 is 0 Å². The molecule has 1 atom stereocenters. The molecule has 1 aromatic heterocycles. The van der Waals surface area contributed by atoms with Gasteiger partial charge in [-0.05, 0) is 30.9 Å². The van der Waals surface area contributed by atoms with Gasteiger partial charge in [-0.2, -0.15) is 5.10 Å². The number of Topliss-reactive ketones (excluding diaryl/α,β-unsaturated/α-hetero) is 1. The van der Waals surface area contributed by atoms with Crippen molar-refractivity contribution in [2.45, 2.75) is 32.3 Å². The number of aromatic nitrogens is 2. The summed E-state index contributed by atoms with van der Waals surface area (Å²) in [4.78, 5) is 25.7. The zero-order valence-electron chi connectivity index (χ0n) is 14.4. The minimum absolute atomic E-state index is 0.0524. The van der Waals surface area contributed by atoms with Crippen LogP contribution in [0.3, 0.4) is 0 Å². The van der Waals surface area contributed by atoms with Crippen LogP contribution in [0.1, 0.15) is 46.3 Å². The Morgan fingerprint density at radius 1 is 1.32 bits per heavy atom. The maximum Gasteiger partial charge on any atom is 0.272 e. The number of morpholine rings is 1. The summed E-state index contributed by atoms with van der Waals surface area (Å²) >= 11 is 0. The van der Waals surface area contributed by atoms with E-state index in [-0.39, 0.29) is 23.5 Å². The molecule has 132 valence electrons. The molecule has 2 aromatic rings. The first-order valence-electron chi connectivity index (χ1n) is 8.64. The lowest BCUT2D eigenvalue weighted by atomic mass is 10.0. The van der Waals surface area contributed by atoms with Crippen LogP contribution < -0.4 is 0 Å². The molecule has 1 fully saturated rings. The Bertz CT molecular complexity index is 727. The molecule has 1 N–H and O–H groups in total. The summed E-state index contributed by atoms with van der Waals surface area (Å²) in [5.74, 6) is -0.285. The number of aromatic amines is 1. The van der Waals surface area contributed by atoms with Crippen LogP contribution >= 0.6 is 0 Å². The second-order valence-electron chi connectivity index (χ2n) is 6.34. The van der Waals surface area contributed by atoms with Crippen molar-refractivity contribution in [3.05, 3.63) is 53.3 Å². The number of ether oxygens (including phenoxy) is 1. The highest BCUT2D eigenvalue weighted by atomic mass is 16.5. The molecule has 1 aliphatic rings. The highest BCUT2D eigenvalue weighted by molar-refractivity contribution is 5.97. The monoisotopic (exact) mass is 341 g/mol. The fourth-order valence-corrected chi connectivity index (χ4v) is 3.04. The molecule has 2 heterocycles. The number of rotatable bonds is 6. The van der Waals surface area contributed by atoms with Crippen LogP contribution in [0.25, 0.3) is 0 Å². The zero-order valence-corrected chi connectivity index (χ0v) is 14.4. The maximum absolute atomic E-state index is 12.6. The van der Waals surface area contributed by atoms with E-state index in [2.05, 4.69) is 22.3 Å². The highest BCUT2D eigenvalue weighted by Crippen LogP contribution is 2.15. The maximum atomic E-state index is 12.6. The number of nitrogens with zero attached hydrogens (tertiary/aromatic N) is 2. The van der Waals surface area contributed by atoms with Crippen LogP contribution in [0.5, 0.6) is 0 Å². The molecule has 1 saturated heterocycles. The zero-order chi connectivity index (χ0) is 17.6. The van der Waals surface area contributed by atoms with Crippen molar-refractivity contribution >= 4 is 11.7 Å². The van der Waals surface area contributed by atoms with Crippen LogP contribution in [-0.4, -0.2) is 52.6 Å². The molecule has 0 spiro atoms. The first-order valence-corrected chi connectivity index (χ1v) is 8.64. The molecule has 0 aliphatic carbocycles. The quantitative estimate of drug-likeness (QED) is 0.819. The van der Waals surface area contributed by atoms with Crippen molar-refractivity contribution in [3.63, 3.8) is 0 Å². The number of benzene rings is 1. The third-order valence-corrected chi connectivity index (χ3v) is 4.43. The van der Waals surface area contributed by atoms with Crippen LogP contribution in [0, 0.1) is 0 Å². The van der Waals surface area contributed by atoms with E-state index in [9.17, 15) is 9.59 Å². The molecule has 1 unspecified atom stereocenters. The average molecular weight is 341 g/mol. The smallest absolute Gasteiger partial charge is 0.272 e. The van der Waals surface area contributed by atoms with Crippen LogP contribution in [0.15, 0.2) is 36.4 Å². The number of hydrogen-bond acceptors (Lipinski definition) is 4. The van der Waals surface area contributed by atoms with Crippen molar-refractivity contribution in [2.75, 3.05) is 19.7 Å². The molecule has 1 amide bonds. The predicted molar refractivity (Wildman–Crippen MR) is 93.6 cm³/mol. The van der Waals surface area contributed by atoms with Gasteiger partial charge < -0.3 is 9.64 Å². The lowest BCUT2D eigenvalue weighted by Crippen LogP contribution is -2.45. The number of hydrogen-bond donors (Lipinski definition) is 1. The topological polar surface area (TPSA) is 75.3 Å². The van der Waals surface area contributed by atoms with E-state index in [0.29, 0.717) is 25.4 Å².